The van der Waals surface area contributed by atoms with Crippen LogP contribution in [0.4, 0.5) is 0 Å². The number of carbonyl (C=O) groups is 1. The van der Waals surface area contributed by atoms with Crippen LogP contribution >= 0.6 is 11.6 Å². The van der Waals surface area contributed by atoms with E-state index in [0.29, 0.717) is 10.6 Å². The van der Waals surface area contributed by atoms with Crippen molar-refractivity contribution in [3.63, 3.8) is 0 Å². The molecule has 0 aliphatic heterocycles. The summed E-state index contributed by atoms with van der Waals surface area (Å²) >= 11 is 6.05. The molecule has 2 rings (SSSR count). The van der Waals surface area contributed by atoms with E-state index < -0.39 is 5.91 Å². The van der Waals surface area contributed by atoms with E-state index in [4.69, 9.17) is 11.6 Å². The minimum atomic E-state index is -0.418. The molecule has 110 valence electrons. The topological polar surface area (TPSA) is 52.9 Å². The Labute approximate surface area is 134 Å². The highest BCUT2D eigenvalue weighted by molar-refractivity contribution is 6.32. The summed E-state index contributed by atoms with van der Waals surface area (Å²) in [5.41, 5.74) is 1.64. The summed E-state index contributed by atoms with van der Waals surface area (Å²) in [4.78, 5) is 12.2. The fraction of sp³-hybridized carbons (Fsp3) is 0.111. The van der Waals surface area contributed by atoms with Crippen LogP contribution in [0.15, 0.2) is 60.2 Å². The lowest BCUT2D eigenvalue weighted by Crippen LogP contribution is -2.27. The Kier molecular flexibility index (Phi) is 5.35. The Bertz CT molecular complexity index is 732. The van der Waals surface area contributed by atoms with Gasteiger partial charge in [0.15, 0.2) is 0 Å². The molecule has 22 heavy (non-hydrogen) atoms. The van der Waals surface area contributed by atoms with Crippen molar-refractivity contribution in [1.82, 2.24) is 5.32 Å². The second-order valence-electron chi connectivity index (χ2n) is 4.80. The van der Waals surface area contributed by atoms with Gasteiger partial charge < -0.3 is 5.32 Å². The molecule has 1 atom stereocenters. The zero-order chi connectivity index (χ0) is 15.9. The first kappa shape index (κ1) is 15.8. The van der Waals surface area contributed by atoms with E-state index in [0.717, 1.165) is 5.56 Å². The Morgan fingerprint density at radius 1 is 1.18 bits per heavy atom. The van der Waals surface area contributed by atoms with E-state index in [1.54, 1.807) is 24.3 Å². The smallest absolute Gasteiger partial charge is 0.262 e. The molecule has 1 amide bonds. The van der Waals surface area contributed by atoms with Gasteiger partial charge in [0.25, 0.3) is 5.91 Å². The Morgan fingerprint density at radius 3 is 2.45 bits per heavy atom. The lowest BCUT2D eigenvalue weighted by atomic mass is 10.1. The minimum Gasteiger partial charge on any atom is -0.345 e. The molecule has 0 heterocycles. The van der Waals surface area contributed by atoms with Gasteiger partial charge in [-0.05, 0) is 30.2 Å². The minimum absolute atomic E-state index is 0.0240. The largest absolute Gasteiger partial charge is 0.345 e. The average Bonchev–Trinajstić information content (AvgIpc) is 2.54. The molecule has 0 fully saturated rings. The van der Waals surface area contributed by atoms with Crippen LogP contribution < -0.4 is 5.32 Å². The van der Waals surface area contributed by atoms with Gasteiger partial charge in [-0.25, -0.2) is 0 Å². The third kappa shape index (κ3) is 3.97. The van der Waals surface area contributed by atoms with E-state index in [-0.39, 0.29) is 11.6 Å². The number of benzene rings is 2. The maximum Gasteiger partial charge on any atom is 0.262 e. The Morgan fingerprint density at radius 2 is 1.82 bits per heavy atom. The molecule has 0 radical (unpaired) electrons. The van der Waals surface area contributed by atoms with Crippen molar-refractivity contribution in [1.29, 1.82) is 5.26 Å². The molecule has 2 aromatic rings. The summed E-state index contributed by atoms with van der Waals surface area (Å²) in [5, 5.41) is 12.5. The van der Waals surface area contributed by atoms with Crippen molar-refractivity contribution in [3.05, 3.63) is 76.3 Å². The molecule has 0 unspecified atom stereocenters. The van der Waals surface area contributed by atoms with Gasteiger partial charge in [-0.1, -0.05) is 60.1 Å². The normalized spacial score (nSPS) is 12.3. The molecule has 4 heteroatoms. The van der Waals surface area contributed by atoms with Gasteiger partial charge in [0, 0.05) is 5.02 Å². The van der Waals surface area contributed by atoms with E-state index in [1.807, 2.05) is 43.3 Å². The quantitative estimate of drug-likeness (QED) is 0.682. The first-order valence-corrected chi connectivity index (χ1v) is 7.21. The molecule has 0 bridgehead atoms. The molecule has 0 saturated heterocycles. The molecule has 0 saturated carbocycles. The average molecular weight is 311 g/mol. The second kappa shape index (κ2) is 7.44. The van der Waals surface area contributed by atoms with Gasteiger partial charge >= 0.3 is 0 Å². The van der Waals surface area contributed by atoms with Crippen LogP contribution in [-0.4, -0.2) is 5.91 Å². The van der Waals surface area contributed by atoms with Gasteiger partial charge in [-0.2, -0.15) is 5.26 Å². The summed E-state index contributed by atoms with van der Waals surface area (Å²) in [6.07, 6.45) is 1.50. The molecular formula is C18H15ClN2O. The third-order valence-electron chi connectivity index (χ3n) is 3.22. The molecule has 3 nitrogen and oxygen atoms in total. The van der Waals surface area contributed by atoms with Gasteiger partial charge in [0.05, 0.1) is 6.04 Å². The van der Waals surface area contributed by atoms with Crippen LogP contribution in [0.3, 0.4) is 0 Å². The summed E-state index contributed by atoms with van der Waals surface area (Å²) in [7, 11) is 0. The molecule has 0 aliphatic rings. The van der Waals surface area contributed by atoms with Crippen molar-refractivity contribution in [2.24, 2.45) is 0 Å². The Balaban J connectivity index is 2.17. The number of nitrogens with one attached hydrogen (secondary N) is 1. The van der Waals surface area contributed by atoms with Crippen molar-refractivity contribution >= 4 is 23.6 Å². The van der Waals surface area contributed by atoms with Crippen LogP contribution in [-0.2, 0) is 4.79 Å². The summed E-state index contributed by atoms with van der Waals surface area (Å²) < 4.78 is 0. The monoisotopic (exact) mass is 310 g/mol. The van der Waals surface area contributed by atoms with Crippen molar-refractivity contribution in [3.8, 4) is 6.07 Å². The predicted molar refractivity (Wildman–Crippen MR) is 88.0 cm³/mol. The number of amides is 1. The number of hydrogen-bond acceptors (Lipinski definition) is 2. The number of nitriles is 1. The predicted octanol–water partition coefficient (Wildman–Crippen LogP) is 4.12. The molecule has 0 aliphatic carbocycles. The maximum atomic E-state index is 12.2. The number of nitrogens with zero attached hydrogens (tertiary/aromatic N) is 1. The number of rotatable bonds is 4. The molecule has 2 aromatic carbocycles. The van der Waals surface area contributed by atoms with Crippen molar-refractivity contribution < 1.29 is 4.79 Å². The summed E-state index contributed by atoms with van der Waals surface area (Å²) in [5.74, 6) is -0.418. The molecule has 0 spiro atoms. The summed E-state index contributed by atoms with van der Waals surface area (Å²) in [6.45, 7) is 1.87. The van der Waals surface area contributed by atoms with E-state index in [1.165, 1.54) is 6.08 Å². The van der Waals surface area contributed by atoms with Crippen LogP contribution in [0.5, 0.6) is 0 Å². The van der Waals surface area contributed by atoms with E-state index in [2.05, 4.69) is 5.32 Å². The van der Waals surface area contributed by atoms with Crippen LogP contribution in [0.25, 0.3) is 6.08 Å². The first-order valence-electron chi connectivity index (χ1n) is 6.84. The fourth-order valence-corrected chi connectivity index (χ4v) is 2.19. The Hall–Kier alpha value is -2.57. The van der Waals surface area contributed by atoms with Crippen molar-refractivity contribution in [2.45, 2.75) is 13.0 Å². The second-order valence-corrected chi connectivity index (χ2v) is 5.20. The highest BCUT2D eigenvalue weighted by atomic mass is 35.5. The van der Waals surface area contributed by atoms with Crippen LogP contribution in [0.1, 0.15) is 24.1 Å². The molecule has 1 N–H and O–H groups in total. The van der Waals surface area contributed by atoms with Gasteiger partial charge in [-0.15, -0.1) is 0 Å². The van der Waals surface area contributed by atoms with Gasteiger partial charge in [0.1, 0.15) is 11.6 Å². The number of hydrogen-bond donors (Lipinski definition) is 1. The van der Waals surface area contributed by atoms with Gasteiger partial charge in [-0.3, -0.25) is 4.79 Å². The van der Waals surface area contributed by atoms with E-state index in [9.17, 15) is 10.1 Å². The molecule has 0 aromatic heterocycles. The van der Waals surface area contributed by atoms with E-state index >= 15 is 0 Å². The van der Waals surface area contributed by atoms with Crippen LogP contribution in [0.2, 0.25) is 5.02 Å². The van der Waals surface area contributed by atoms with Crippen molar-refractivity contribution in [2.75, 3.05) is 0 Å². The number of halogens is 1. The van der Waals surface area contributed by atoms with Crippen LogP contribution in [0, 0.1) is 11.3 Å². The SMILES string of the molecule is C[C@H](NC(=O)/C(C#N)=C/c1ccccc1Cl)c1ccccc1. The highest BCUT2D eigenvalue weighted by Gasteiger charge is 2.14. The van der Waals surface area contributed by atoms with Gasteiger partial charge in [0.2, 0.25) is 0 Å². The third-order valence-corrected chi connectivity index (χ3v) is 3.56. The maximum absolute atomic E-state index is 12.2. The fourth-order valence-electron chi connectivity index (χ4n) is 2.00. The summed E-state index contributed by atoms with van der Waals surface area (Å²) in [6, 6.07) is 18.4. The highest BCUT2D eigenvalue weighted by Crippen LogP contribution is 2.19. The lowest BCUT2D eigenvalue weighted by Gasteiger charge is -2.13. The zero-order valence-corrected chi connectivity index (χ0v) is 12.8. The zero-order valence-electron chi connectivity index (χ0n) is 12.1. The number of carbonyl (C=O) groups excluding carboxylic acids is 1. The standard InChI is InChI=1S/C18H15ClN2O/c1-13(14-7-3-2-4-8-14)21-18(22)16(12-20)11-15-9-5-6-10-17(15)19/h2-11,13H,1H3,(H,21,22)/b16-11+/t13-/m0/s1. The lowest BCUT2D eigenvalue weighted by molar-refractivity contribution is -0.117. The molecular weight excluding hydrogens is 296 g/mol. The first-order chi connectivity index (χ1) is 10.6.